The highest BCUT2D eigenvalue weighted by atomic mass is 16.5. The van der Waals surface area contributed by atoms with Gasteiger partial charge in [-0.15, -0.1) is 0 Å². The molecule has 0 spiro atoms. The van der Waals surface area contributed by atoms with E-state index in [9.17, 15) is 0 Å². The number of pyridine rings is 1. The third-order valence-electron chi connectivity index (χ3n) is 4.03. The van der Waals surface area contributed by atoms with Crippen LogP contribution in [-0.2, 0) is 11.3 Å². The van der Waals surface area contributed by atoms with Gasteiger partial charge in [-0.2, -0.15) is 0 Å². The topological polar surface area (TPSA) is 34.6 Å². The maximum Gasteiger partial charge on any atom is 0.121 e. The van der Waals surface area contributed by atoms with E-state index in [1.54, 1.807) is 7.11 Å². The van der Waals surface area contributed by atoms with Crippen LogP contribution in [-0.4, -0.2) is 43.3 Å². The van der Waals surface area contributed by atoms with E-state index < -0.39 is 0 Å². The van der Waals surface area contributed by atoms with Gasteiger partial charge in [-0.3, -0.25) is 9.88 Å². The van der Waals surface area contributed by atoms with Gasteiger partial charge in [0.25, 0.3) is 0 Å². The van der Waals surface area contributed by atoms with Crippen LogP contribution in [0.3, 0.4) is 0 Å². The van der Waals surface area contributed by atoms with Gasteiger partial charge in [0.15, 0.2) is 0 Å². The van der Waals surface area contributed by atoms with Crippen LogP contribution in [0.25, 0.3) is 11.3 Å². The van der Waals surface area contributed by atoms with Gasteiger partial charge in [0.1, 0.15) is 5.75 Å². The van der Waals surface area contributed by atoms with E-state index in [0.717, 1.165) is 55.4 Å². The molecule has 1 saturated heterocycles. The number of aromatic nitrogens is 1. The van der Waals surface area contributed by atoms with E-state index in [1.807, 2.05) is 12.3 Å². The Morgan fingerprint density at radius 3 is 2.64 bits per heavy atom. The molecule has 0 bridgehead atoms. The van der Waals surface area contributed by atoms with Gasteiger partial charge in [0.05, 0.1) is 26.0 Å². The lowest BCUT2D eigenvalue weighted by atomic mass is 10.1. The summed E-state index contributed by atoms with van der Waals surface area (Å²) in [7, 11) is 1.70. The molecule has 116 valence electrons. The molecule has 1 aliphatic rings. The Morgan fingerprint density at radius 1 is 1.18 bits per heavy atom. The summed E-state index contributed by atoms with van der Waals surface area (Å²) in [5.41, 5.74) is 4.49. The van der Waals surface area contributed by atoms with Crippen molar-refractivity contribution in [2.75, 3.05) is 33.4 Å². The molecule has 0 radical (unpaired) electrons. The predicted molar refractivity (Wildman–Crippen MR) is 87.1 cm³/mol. The average molecular weight is 298 g/mol. The first-order chi connectivity index (χ1) is 10.8. The SMILES string of the molecule is COc1ccc(-c2ccc(CN3CCOCC3)cn2)cc1C. The second-order valence-corrected chi connectivity index (χ2v) is 5.62. The first kappa shape index (κ1) is 15.0. The summed E-state index contributed by atoms with van der Waals surface area (Å²) < 4.78 is 10.7. The van der Waals surface area contributed by atoms with Crippen molar-refractivity contribution in [1.82, 2.24) is 9.88 Å². The first-order valence-electron chi connectivity index (χ1n) is 7.66. The fraction of sp³-hybridized carbons (Fsp3) is 0.389. The first-order valence-corrected chi connectivity index (χ1v) is 7.66. The Kier molecular flexibility index (Phi) is 4.71. The van der Waals surface area contributed by atoms with Crippen LogP contribution in [0.2, 0.25) is 0 Å². The lowest BCUT2D eigenvalue weighted by Gasteiger charge is -2.26. The van der Waals surface area contributed by atoms with E-state index in [-0.39, 0.29) is 0 Å². The molecule has 22 heavy (non-hydrogen) atoms. The van der Waals surface area contributed by atoms with Crippen molar-refractivity contribution in [1.29, 1.82) is 0 Å². The minimum Gasteiger partial charge on any atom is -0.496 e. The van der Waals surface area contributed by atoms with Gasteiger partial charge >= 0.3 is 0 Å². The van der Waals surface area contributed by atoms with E-state index >= 15 is 0 Å². The van der Waals surface area contributed by atoms with Gasteiger partial charge < -0.3 is 9.47 Å². The zero-order chi connectivity index (χ0) is 15.4. The van der Waals surface area contributed by atoms with Crippen molar-refractivity contribution in [2.45, 2.75) is 13.5 Å². The fourth-order valence-electron chi connectivity index (χ4n) is 2.74. The standard InChI is InChI=1S/C18H22N2O2/c1-14-11-16(4-6-18(14)21-2)17-5-3-15(12-19-17)13-20-7-9-22-10-8-20/h3-6,11-12H,7-10,13H2,1-2H3. The summed E-state index contributed by atoms with van der Waals surface area (Å²) in [4.78, 5) is 7.01. The van der Waals surface area contributed by atoms with E-state index in [2.05, 4.69) is 41.1 Å². The Bertz CT molecular complexity index is 619. The van der Waals surface area contributed by atoms with Crippen molar-refractivity contribution < 1.29 is 9.47 Å². The largest absolute Gasteiger partial charge is 0.496 e. The summed E-state index contributed by atoms with van der Waals surface area (Å²) in [6, 6.07) is 10.4. The molecule has 1 aromatic heterocycles. The van der Waals surface area contributed by atoms with Gasteiger partial charge in [-0.05, 0) is 42.3 Å². The number of morpholine rings is 1. The number of hydrogen-bond donors (Lipinski definition) is 0. The summed E-state index contributed by atoms with van der Waals surface area (Å²) in [5.74, 6) is 0.910. The molecule has 0 amide bonds. The minimum absolute atomic E-state index is 0.830. The lowest BCUT2D eigenvalue weighted by molar-refractivity contribution is 0.0341. The van der Waals surface area contributed by atoms with E-state index in [1.165, 1.54) is 5.56 Å². The quantitative estimate of drug-likeness (QED) is 0.869. The summed E-state index contributed by atoms with van der Waals surface area (Å²) >= 11 is 0. The Labute approximate surface area is 131 Å². The van der Waals surface area contributed by atoms with Crippen molar-refractivity contribution in [2.24, 2.45) is 0 Å². The number of rotatable bonds is 4. The van der Waals surface area contributed by atoms with Gasteiger partial charge in [0, 0.05) is 31.4 Å². The van der Waals surface area contributed by atoms with E-state index in [4.69, 9.17) is 9.47 Å². The smallest absolute Gasteiger partial charge is 0.121 e. The molecular weight excluding hydrogens is 276 g/mol. The van der Waals surface area contributed by atoms with Crippen LogP contribution in [0.4, 0.5) is 0 Å². The van der Waals surface area contributed by atoms with Crippen LogP contribution in [0, 0.1) is 6.92 Å². The molecule has 2 aromatic rings. The number of hydrogen-bond acceptors (Lipinski definition) is 4. The van der Waals surface area contributed by atoms with Crippen LogP contribution < -0.4 is 4.74 Å². The highest BCUT2D eigenvalue weighted by Gasteiger charge is 2.11. The third kappa shape index (κ3) is 3.46. The summed E-state index contributed by atoms with van der Waals surface area (Å²) in [6.07, 6.45) is 1.98. The predicted octanol–water partition coefficient (Wildman–Crippen LogP) is 2.90. The monoisotopic (exact) mass is 298 g/mol. The molecule has 4 nitrogen and oxygen atoms in total. The van der Waals surface area contributed by atoms with Gasteiger partial charge in [0.2, 0.25) is 0 Å². The van der Waals surface area contributed by atoms with Gasteiger partial charge in [-0.1, -0.05) is 6.07 Å². The highest BCUT2D eigenvalue weighted by Crippen LogP contribution is 2.25. The average Bonchev–Trinajstić information content (AvgIpc) is 2.56. The molecule has 0 unspecified atom stereocenters. The maximum atomic E-state index is 5.38. The van der Waals surface area contributed by atoms with Crippen LogP contribution >= 0.6 is 0 Å². The second-order valence-electron chi connectivity index (χ2n) is 5.62. The van der Waals surface area contributed by atoms with Crippen LogP contribution in [0.15, 0.2) is 36.5 Å². The van der Waals surface area contributed by atoms with E-state index in [0.29, 0.717) is 0 Å². The fourth-order valence-corrected chi connectivity index (χ4v) is 2.74. The normalized spacial score (nSPS) is 15.7. The van der Waals surface area contributed by atoms with Crippen LogP contribution in [0.1, 0.15) is 11.1 Å². The molecule has 2 heterocycles. The number of methoxy groups -OCH3 is 1. The van der Waals surface area contributed by atoms with Crippen molar-refractivity contribution in [3.8, 4) is 17.0 Å². The molecule has 0 saturated carbocycles. The zero-order valence-electron chi connectivity index (χ0n) is 13.2. The van der Waals surface area contributed by atoms with Crippen LogP contribution in [0.5, 0.6) is 5.75 Å². The molecule has 1 aliphatic heterocycles. The summed E-state index contributed by atoms with van der Waals surface area (Å²) in [6.45, 7) is 6.65. The second kappa shape index (κ2) is 6.90. The summed E-state index contributed by atoms with van der Waals surface area (Å²) in [5, 5.41) is 0. The highest BCUT2D eigenvalue weighted by molar-refractivity contribution is 5.62. The molecule has 0 aliphatic carbocycles. The minimum atomic E-state index is 0.830. The Hall–Kier alpha value is -1.91. The molecule has 4 heteroatoms. The zero-order valence-corrected chi connectivity index (χ0v) is 13.2. The van der Waals surface area contributed by atoms with Crippen molar-refractivity contribution >= 4 is 0 Å². The number of benzene rings is 1. The molecule has 1 aromatic carbocycles. The molecule has 0 N–H and O–H groups in total. The molecule has 0 atom stereocenters. The Morgan fingerprint density at radius 2 is 2.00 bits per heavy atom. The number of ether oxygens (including phenoxy) is 2. The van der Waals surface area contributed by atoms with Crippen molar-refractivity contribution in [3.63, 3.8) is 0 Å². The van der Waals surface area contributed by atoms with Gasteiger partial charge in [-0.25, -0.2) is 0 Å². The molecule has 3 rings (SSSR count). The van der Waals surface area contributed by atoms with Crippen molar-refractivity contribution in [3.05, 3.63) is 47.7 Å². The molecular formula is C18H22N2O2. The Balaban J connectivity index is 1.72. The maximum absolute atomic E-state index is 5.38. The number of aryl methyl sites for hydroxylation is 1. The lowest BCUT2D eigenvalue weighted by Crippen LogP contribution is -2.35. The third-order valence-corrected chi connectivity index (χ3v) is 4.03. The molecule has 1 fully saturated rings. The number of nitrogens with zero attached hydrogens (tertiary/aromatic N) is 2.